The molecule has 0 spiro atoms. The molecule has 5 nitrogen and oxygen atoms in total. The molecule has 0 amide bonds. The van der Waals surface area contributed by atoms with Gasteiger partial charge in [-0.2, -0.15) is 4.68 Å². The van der Waals surface area contributed by atoms with Crippen molar-refractivity contribution in [3.8, 4) is 0 Å². The van der Waals surface area contributed by atoms with Gasteiger partial charge in [0.1, 0.15) is 6.54 Å². The van der Waals surface area contributed by atoms with Gasteiger partial charge in [-0.25, -0.2) is 0 Å². The molecule has 1 heterocycles. The summed E-state index contributed by atoms with van der Waals surface area (Å²) in [5.74, 6) is -0.691. The van der Waals surface area contributed by atoms with Crippen LogP contribution in [0.3, 0.4) is 0 Å². The Hall–Kier alpha value is -1.39. The standard InChI is InChI=1S/C12H21N3O2/c1-10-11(2)15(14-13-10)9-7-5-3-4-6-8-12(16)17/h3-9H2,1-2H3,(H,16,17)/p+1. The quantitative estimate of drug-likeness (QED) is 0.537. The number of aromatic amines is 1. The van der Waals surface area contributed by atoms with E-state index in [0.717, 1.165) is 44.3 Å². The van der Waals surface area contributed by atoms with Crippen molar-refractivity contribution in [2.45, 2.75) is 58.9 Å². The van der Waals surface area contributed by atoms with E-state index in [1.165, 1.54) is 5.69 Å². The van der Waals surface area contributed by atoms with Crippen LogP contribution in [-0.4, -0.2) is 21.4 Å². The lowest BCUT2D eigenvalue weighted by Crippen LogP contribution is -2.38. The van der Waals surface area contributed by atoms with Gasteiger partial charge in [0.15, 0.2) is 5.69 Å². The van der Waals surface area contributed by atoms with Crippen LogP contribution in [0.2, 0.25) is 0 Å². The number of hydrogen-bond donors (Lipinski definition) is 2. The first-order valence-electron chi connectivity index (χ1n) is 6.24. The number of rotatable bonds is 8. The molecule has 1 rings (SSSR count). The van der Waals surface area contributed by atoms with Crippen LogP contribution in [0.5, 0.6) is 0 Å². The zero-order chi connectivity index (χ0) is 12.7. The number of carboxylic acid groups (broad SMARTS) is 1. The average Bonchev–Trinajstić information content (AvgIpc) is 2.59. The molecule has 0 aliphatic rings. The Morgan fingerprint density at radius 1 is 1.24 bits per heavy atom. The SMILES string of the molecule is Cc1n[nH][n+](CCCCCCCC(=O)O)c1C. The molecule has 1 aromatic heterocycles. The number of carbonyl (C=O) groups is 1. The molecule has 0 radical (unpaired) electrons. The van der Waals surface area contributed by atoms with E-state index in [0.29, 0.717) is 6.42 Å². The van der Waals surface area contributed by atoms with Gasteiger partial charge in [0, 0.05) is 25.4 Å². The normalized spacial score (nSPS) is 10.7. The summed E-state index contributed by atoms with van der Waals surface area (Å²) in [7, 11) is 0. The molecule has 0 aromatic carbocycles. The lowest BCUT2D eigenvalue weighted by molar-refractivity contribution is -0.759. The molecule has 0 bridgehead atoms. The summed E-state index contributed by atoms with van der Waals surface area (Å²) in [6.45, 7) is 5.02. The van der Waals surface area contributed by atoms with Gasteiger partial charge in [0.25, 0.3) is 0 Å². The van der Waals surface area contributed by atoms with Gasteiger partial charge in [-0.15, -0.1) is 0 Å². The van der Waals surface area contributed by atoms with Crippen molar-refractivity contribution in [1.82, 2.24) is 10.3 Å². The first kappa shape index (κ1) is 13.7. The molecular weight excluding hydrogens is 218 g/mol. The Labute approximate surface area is 102 Å². The number of nitrogens with zero attached hydrogens (tertiary/aromatic N) is 2. The van der Waals surface area contributed by atoms with E-state index in [9.17, 15) is 4.79 Å². The zero-order valence-corrected chi connectivity index (χ0v) is 10.7. The summed E-state index contributed by atoms with van der Waals surface area (Å²) in [4.78, 5) is 10.3. The largest absolute Gasteiger partial charge is 0.481 e. The number of nitrogens with one attached hydrogen (secondary N) is 1. The third kappa shape index (κ3) is 4.97. The third-order valence-corrected chi connectivity index (χ3v) is 3.04. The van der Waals surface area contributed by atoms with Crippen LogP contribution in [-0.2, 0) is 11.3 Å². The Bertz CT molecular complexity index is 361. The first-order valence-corrected chi connectivity index (χ1v) is 6.24. The number of aromatic nitrogens is 3. The molecular formula is C12H22N3O2+. The van der Waals surface area contributed by atoms with Crippen molar-refractivity contribution < 1.29 is 14.6 Å². The van der Waals surface area contributed by atoms with Crippen LogP contribution < -0.4 is 4.68 Å². The third-order valence-electron chi connectivity index (χ3n) is 3.04. The smallest absolute Gasteiger partial charge is 0.303 e. The number of aliphatic carboxylic acids is 1. The van der Waals surface area contributed by atoms with E-state index in [4.69, 9.17) is 5.11 Å². The van der Waals surface area contributed by atoms with Gasteiger partial charge in [-0.3, -0.25) is 4.79 Å². The van der Waals surface area contributed by atoms with Gasteiger partial charge in [-0.05, 0) is 19.3 Å². The predicted molar refractivity (Wildman–Crippen MR) is 63.6 cm³/mol. The van der Waals surface area contributed by atoms with E-state index in [1.807, 2.05) is 6.92 Å². The fourth-order valence-electron chi connectivity index (χ4n) is 1.78. The summed E-state index contributed by atoms with van der Waals surface area (Å²) in [5, 5.41) is 15.6. The molecule has 17 heavy (non-hydrogen) atoms. The minimum absolute atomic E-state index is 0.299. The molecule has 0 unspecified atom stereocenters. The van der Waals surface area contributed by atoms with Crippen LogP contribution >= 0.6 is 0 Å². The monoisotopic (exact) mass is 240 g/mol. The zero-order valence-electron chi connectivity index (χ0n) is 10.7. The number of aryl methyl sites for hydroxylation is 2. The molecule has 0 fully saturated rings. The van der Waals surface area contributed by atoms with Gasteiger partial charge >= 0.3 is 5.97 Å². The molecule has 0 aliphatic heterocycles. The van der Waals surface area contributed by atoms with E-state index < -0.39 is 5.97 Å². The maximum absolute atomic E-state index is 10.3. The maximum atomic E-state index is 10.3. The molecule has 2 N–H and O–H groups in total. The summed E-state index contributed by atoms with van der Waals surface area (Å²) in [6, 6.07) is 0. The number of carboxylic acids is 1. The number of unbranched alkanes of at least 4 members (excludes halogenated alkanes) is 4. The second kappa shape index (κ2) is 7.04. The van der Waals surface area contributed by atoms with Crippen LogP contribution in [0.15, 0.2) is 0 Å². The van der Waals surface area contributed by atoms with Crippen molar-refractivity contribution in [3.63, 3.8) is 0 Å². The van der Waals surface area contributed by atoms with Crippen LogP contribution in [0, 0.1) is 13.8 Å². The van der Waals surface area contributed by atoms with Gasteiger partial charge in [-0.1, -0.05) is 18.1 Å². The molecule has 0 atom stereocenters. The van der Waals surface area contributed by atoms with Gasteiger partial charge in [0.05, 0.1) is 0 Å². The van der Waals surface area contributed by atoms with Crippen LogP contribution in [0.1, 0.15) is 49.9 Å². The highest BCUT2D eigenvalue weighted by Crippen LogP contribution is 2.05. The average molecular weight is 240 g/mol. The lowest BCUT2D eigenvalue weighted by Gasteiger charge is -1.99. The van der Waals surface area contributed by atoms with Crippen molar-refractivity contribution in [3.05, 3.63) is 11.4 Å². The Kier molecular flexibility index (Phi) is 5.66. The molecule has 1 aromatic rings. The minimum Gasteiger partial charge on any atom is -0.481 e. The summed E-state index contributed by atoms with van der Waals surface area (Å²) < 4.78 is 2.06. The van der Waals surface area contributed by atoms with E-state index in [-0.39, 0.29) is 0 Å². The highest BCUT2D eigenvalue weighted by Gasteiger charge is 2.11. The fraction of sp³-hybridized carbons (Fsp3) is 0.750. The van der Waals surface area contributed by atoms with Crippen molar-refractivity contribution in [2.24, 2.45) is 0 Å². The Morgan fingerprint density at radius 2 is 1.88 bits per heavy atom. The Balaban J connectivity index is 2.05. The molecule has 0 saturated carbocycles. The highest BCUT2D eigenvalue weighted by molar-refractivity contribution is 5.66. The number of hydrogen-bond acceptors (Lipinski definition) is 2. The molecule has 96 valence electrons. The van der Waals surface area contributed by atoms with E-state index in [1.54, 1.807) is 0 Å². The maximum Gasteiger partial charge on any atom is 0.303 e. The van der Waals surface area contributed by atoms with Crippen molar-refractivity contribution in [2.75, 3.05) is 0 Å². The van der Waals surface area contributed by atoms with Crippen LogP contribution in [0.4, 0.5) is 0 Å². The predicted octanol–water partition coefficient (Wildman–Crippen LogP) is 1.74. The van der Waals surface area contributed by atoms with E-state index >= 15 is 0 Å². The van der Waals surface area contributed by atoms with Crippen molar-refractivity contribution >= 4 is 5.97 Å². The lowest BCUT2D eigenvalue weighted by atomic mass is 10.1. The second-order valence-electron chi connectivity index (χ2n) is 4.45. The second-order valence-corrected chi connectivity index (χ2v) is 4.45. The molecule has 5 heteroatoms. The van der Waals surface area contributed by atoms with Gasteiger partial charge < -0.3 is 5.11 Å². The molecule has 0 aliphatic carbocycles. The summed E-state index contributed by atoms with van der Waals surface area (Å²) in [5.41, 5.74) is 2.24. The number of H-pyrrole nitrogens is 1. The molecule has 0 saturated heterocycles. The summed E-state index contributed by atoms with van der Waals surface area (Å²) >= 11 is 0. The highest BCUT2D eigenvalue weighted by atomic mass is 16.4. The van der Waals surface area contributed by atoms with Gasteiger partial charge in [0.2, 0.25) is 5.69 Å². The topological polar surface area (TPSA) is 69.9 Å². The first-order chi connectivity index (χ1) is 8.11. The van der Waals surface area contributed by atoms with Crippen molar-refractivity contribution in [1.29, 1.82) is 0 Å². The van der Waals surface area contributed by atoms with Crippen LogP contribution in [0.25, 0.3) is 0 Å². The summed E-state index contributed by atoms with van der Waals surface area (Å²) in [6.07, 6.45) is 5.47. The Morgan fingerprint density at radius 3 is 2.47 bits per heavy atom. The van der Waals surface area contributed by atoms with E-state index in [2.05, 4.69) is 21.9 Å². The fourth-order valence-corrected chi connectivity index (χ4v) is 1.78. The minimum atomic E-state index is -0.691.